The van der Waals surface area contributed by atoms with E-state index in [1.165, 1.54) is 12.8 Å². The van der Waals surface area contributed by atoms with E-state index in [4.69, 9.17) is 9.47 Å². The van der Waals surface area contributed by atoms with Crippen molar-refractivity contribution in [3.63, 3.8) is 0 Å². The van der Waals surface area contributed by atoms with Crippen LogP contribution in [-0.2, 0) is 0 Å². The highest BCUT2D eigenvalue weighted by Crippen LogP contribution is 2.35. The quantitative estimate of drug-likeness (QED) is 0.893. The van der Waals surface area contributed by atoms with Crippen molar-refractivity contribution in [3.05, 3.63) is 24.3 Å². The van der Waals surface area contributed by atoms with Crippen molar-refractivity contribution in [1.82, 2.24) is 5.32 Å². The Bertz CT molecular complexity index is 421. The molecule has 0 aromatic heterocycles. The Balaban J connectivity index is 2.15. The van der Waals surface area contributed by atoms with Crippen molar-refractivity contribution in [2.24, 2.45) is 11.8 Å². The van der Waals surface area contributed by atoms with E-state index in [1.54, 1.807) is 7.11 Å². The van der Waals surface area contributed by atoms with E-state index >= 15 is 0 Å². The Morgan fingerprint density at radius 2 is 1.85 bits per heavy atom. The number of para-hydroxylation sites is 2. The fourth-order valence-corrected chi connectivity index (χ4v) is 3.35. The molecule has 20 heavy (non-hydrogen) atoms. The van der Waals surface area contributed by atoms with Crippen molar-refractivity contribution in [2.45, 2.75) is 45.8 Å². The van der Waals surface area contributed by atoms with Crippen LogP contribution >= 0.6 is 0 Å². The summed E-state index contributed by atoms with van der Waals surface area (Å²) in [5.41, 5.74) is 0. The maximum Gasteiger partial charge on any atom is 0.161 e. The van der Waals surface area contributed by atoms with Gasteiger partial charge in [0.15, 0.2) is 11.5 Å². The zero-order valence-electron chi connectivity index (χ0n) is 13.1. The van der Waals surface area contributed by atoms with Gasteiger partial charge in [0.2, 0.25) is 0 Å². The Morgan fingerprint density at radius 3 is 2.50 bits per heavy atom. The van der Waals surface area contributed by atoms with Crippen LogP contribution in [0.3, 0.4) is 0 Å². The predicted molar refractivity (Wildman–Crippen MR) is 82.4 cm³/mol. The summed E-state index contributed by atoms with van der Waals surface area (Å²) in [6, 6.07) is 8.33. The first kappa shape index (κ1) is 15.2. The molecule has 1 aromatic carbocycles. The first-order valence-corrected chi connectivity index (χ1v) is 7.68. The van der Waals surface area contributed by atoms with Crippen LogP contribution in [0.25, 0.3) is 0 Å². The molecule has 1 saturated carbocycles. The second-order valence-electron chi connectivity index (χ2n) is 5.95. The Morgan fingerprint density at radius 1 is 1.15 bits per heavy atom. The van der Waals surface area contributed by atoms with Crippen molar-refractivity contribution >= 4 is 0 Å². The summed E-state index contributed by atoms with van der Waals surface area (Å²) >= 11 is 0. The monoisotopic (exact) mass is 277 g/mol. The highest BCUT2D eigenvalue weighted by Gasteiger charge is 2.35. The molecular weight excluding hydrogens is 250 g/mol. The lowest BCUT2D eigenvalue weighted by atomic mass is 9.78. The minimum absolute atomic E-state index is 0.211. The minimum atomic E-state index is 0.211. The molecule has 0 aliphatic heterocycles. The molecule has 0 spiro atoms. The standard InChI is InChI=1S/C17H27NO2/c1-5-18-14-11-12(2)10-13(3)17(14)20-16-9-7-6-8-15(16)19-4/h6-9,12-14,17-18H,5,10-11H2,1-4H3. The SMILES string of the molecule is CCNC1CC(C)CC(C)C1Oc1ccccc1OC. The molecule has 2 rings (SSSR count). The zero-order chi connectivity index (χ0) is 14.5. The molecule has 0 radical (unpaired) electrons. The normalized spacial score (nSPS) is 30.0. The number of rotatable bonds is 5. The number of ether oxygens (including phenoxy) is 2. The molecule has 1 aromatic rings. The van der Waals surface area contributed by atoms with E-state index in [9.17, 15) is 0 Å². The number of benzene rings is 1. The highest BCUT2D eigenvalue weighted by molar-refractivity contribution is 5.39. The van der Waals surface area contributed by atoms with Gasteiger partial charge in [-0.25, -0.2) is 0 Å². The van der Waals surface area contributed by atoms with Crippen molar-refractivity contribution in [2.75, 3.05) is 13.7 Å². The van der Waals surface area contributed by atoms with E-state index in [0.29, 0.717) is 12.0 Å². The van der Waals surface area contributed by atoms with Gasteiger partial charge in [-0.3, -0.25) is 0 Å². The van der Waals surface area contributed by atoms with Gasteiger partial charge in [0.25, 0.3) is 0 Å². The number of methoxy groups -OCH3 is 1. The average Bonchev–Trinajstić information content (AvgIpc) is 2.43. The molecule has 1 aliphatic carbocycles. The summed E-state index contributed by atoms with van der Waals surface area (Å²) < 4.78 is 11.7. The van der Waals surface area contributed by atoms with Gasteiger partial charge >= 0.3 is 0 Å². The number of likely N-dealkylation sites (N-methyl/N-ethyl adjacent to an activating group) is 1. The summed E-state index contributed by atoms with van der Waals surface area (Å²) in [7, 11) is 1.69. The molecule has 0 amide bonds. The van der Waals surface area contributed by atoms with Crippen molar-refractivity contribution in [3.8, 4) is 11.5 Å². The molecule has 0 bridgehead atoms. The molecule has 112 valence electrons. The van der Waals surface area contributed by atoms with Crippen LogP contribution in [0.15, 0.2) is 24.3 Å². The highest BCUT2D eigenvalue weighted by atomic mass is 16.5. The number of hydrogen-bond acceptors (Lipinski definition) is 3. The molecule has 1 N–H and O–H groups in total. The fourth-order valence-electron chi connectivity index (χ4n) is 3.35. The molecule has 3 nitrogen and oxygen atoms in total. The van der Waals surface area contributed by atoms with Gasteiger partial charge in [-0.15, -0.1) is 0 Å². The Hall–Kier alpha value is -1.22. The smallest absolute Gasteiger partial charge is 0.161 e. The molecule has 4 atom stereocenters. The van der Waals surface area contributed by atoms with Gasteiger partial charge in [0.1, 0.15) is 6.10 Å². The third-order valence-corrected chi connectivity index (χ3v) is 4.19. The second-order valence-corrected chi connectivity index (χ2v) is 5.95. The van der Waals surface area contributed by atoms with Crippen molar-refractivity contribution < 1.29 is 9.47 Å². The topological polar surface area (TPSA) is 30.5 Å². The lowest BCUT2D eigenvalue weighted by Gasteiger charge is -2.40. The molecule has 0 saturated heterocycles. The van der Waals surface area contributed by atoms with Gasteiger partial charge in [-0.05, 0) is 43.4 Å². The van der Waals surface area contributed by atoms with Gasteiger partial charge in [0.05, 0.1) is 7.11 Å². The molecule has 3 heteroatoms. The van der Waals surface area contributed by atoms with Crippen molar-refractivity contribution in [1.29, 1.82) is 0 Å². The van der Waals surface area contributed by atoms with Gasteiger partial charge in [-0.1, -0.05) is 32.9 Å². The molecule has 4 unspecified atom stereocenters. The van der Waals surface area contributed by atoms with E-state index < -0.39 is 0 Å². The molecule has 0 heterocycles. The van der Waals surface area contributed by atoms with Crippen LogP contribution < -0.4 is 14.8 Å². The summed E-state index contributed by atoms with van der Waals surface area (Å²) in [5, 5.41) is 3.59. The molecule has 1 fully saturated rings. The van der Waals surface area contributed by atoms with Crippen LogP contribution in [-0.4, -0.2) is 25.8 Å². The zero-order valence-corrected chi connectivity index (χ0v) is 13.1. The Kier molecular flexibility index (Phi) is 5.30. The fraction of sp³-hybridized carbons (Fsp3) is 0.647. The summed E-state index contributed by atoms with van der Waals surface area (Å²) in [6.45, 7) is 7.76. The first-order chi connectivity index (χ1) is 9.65. The predicted octanol–water partition coefficient (Wildman–Crippen LogP) is 3.49. The van der Waals surface area contributed by atoms with E-state index in [2.05, 4.69) is 26.1 Å². The lowest BCUT2D eigenvalue weighted by molar-refractivity contribution is 0.0463. The summed E-state index contributed by atoms with van der Waals surface area (Å²) in [6.07, 6.45) is 2.61. The van der Waals surface area contributed by atoms with Gasteiger partial charge in [-0.2, -0.15) is 0 Å². The maximum atomic E-state index is 6.32. The largest absolute Gasteiger partial charge is 0.493 e. The van der Waals surface area contributed by atoms with Crippen LogP contribution in [0.1, 0.15) is 33.6 Å². The molecule has 1 aliphatic rings. The lowest BCUT2D eigenvalue weighted by Crippen LogP contribution is -2.50. The summed E-state index contributed by atoms with van der Waals surface area (Å²) in [4.78, 5) is 0. The van der Waals surface area contributed by atoms with Gasteiger partial charge < -0.3 is 14.8 Å². The van der Waals surface area contributed by atoms with Crippen LogP contribution in [0, 0.1) is 11.8 Å². The third-order valence-electron chi connectivity index (χ3n) is 4.19. The van der Waals surface area contributed by atoms with Crippen LogP contribution in [0.4, 0.5) is 0 Å². The van der Waals surface area contributed by atoms with E-state index in [0.717, 1.165) is 24.0 Å². The molecular formula is C17H27NO2. The Labute approximate surface area is 122 Å². The van der Waals surface area contributed by atoms with Crippen LogP contribution in [0.5, 0.6) is 11.5 Å². The van der Waals surface area contributed by atoms with E-state index in [-0.39, 0.29) is 6.10 Å². The van der Waals surface area contributed by atoms with E-state index in [1.807, 2.05) is 24.3 Å². The number of hydrogen-bond donors (Lipinski definition) is 1. The summed E-state index contributed by atoms with van der Waals surface area (Å²) in [5.74, 6) is 2.97. The minimum Gasteiger partial charge on any atom is -0.493 e. The first-order valence-electron chi connectivity index (χ1n) is 7.68. The third kappa shape index (κ3) is 3.45. The average molecular weight is 277 g/mol. The maximum absolute atomic E-state index is 6.32. The second kappa shape index (κ2) is 6.98. The van der Waals surface area contributed by atoms with Gasteiger partial charge in [0, 0.05) is 6.04 Å². The number of nitrogens with one attached hydrogen (secondary N) is 1. The van der Waals surface area contributed by atoms with Crippen LogP contribution in [0.2, 0.25) is 0 Å².